The second kappa shape index (κ2) is 55.8. The van der Waals surface area contributed by atoms with Gasteiger partial charge in [0.1, 0.15) is 19.3 Å². The van der Waals surface area contributed by atoms with E-state index in [2.05, 4.69) is 38.2 Å². The number of allylic oxidation sites excluding steroid dienone is 3. The highest BCUT2D eigenvalue weighted by molar-refractivity contribution is 7.45. The zero-order chi connectivity index (χ0) is 55.0. The number of nitrogens with zero attached hydrogens (tertiary/aromatic N) is 1. The van der Waals surface area contributed by atoms with Gasteiger partial charge in [0.25, 0.3) is 7.82 Å². The molecule has 0 rings (SSSR count). The number of hydrogen-bond donors (Lipinski definition) is 1. The van der Waals surface area contributed by atoms with E-state index in [1.807, 2.05) is 33.3 Å². The van der Waals surface area contributed by atoms with Crippen molar-refractivity contribution in [1.82, 2.24) is 5.32 Å². The maximum atomic E-state index is 13.5. The van der Waals surface area contributed by atoms with Crippen molar-refractivity contribution < 1.29 is 37.3 Å². The summed E-state index contributed by atoms with van der Waals surface area (Å²) in [6.45, 7) is 6.88. The first kappa shape index (κ1) is 73.5. The van der Waals surface area contributed by atoms with Crippen LogP contribution in [0.5, 0.6) is 0 Å². The number of carbonyl (C=O) groups is 2. The lowest BCUT2D eigenvalue weighted by molar-refractivity contribution is -0.870. The Balaban J connectivity index is 5.10. The van der Waals surface area contributed by atoms with E-state index in [1.54, 1.807) is 0 Å². The summed E-state index contributed by atoms with van der Waals surface area (Å²) in [7, 11) is 1.20. The molecule has 0 radical (unpaired) electrons. The van der Waals surface area contributed by atoms with Crippen molar-refractivity contribution in [2.75, 3.05) is 40.9 Å². The Morgan fingerprint density at radius 1 is 0.453 bits per heavy atom. The Morgan fingerprint density at radius 3 is 1.13 bits per heavy atom. The molecule has 0 fully saturated rings. The summed E-state index contributed by atoms with van der Waals surface area (Å²) in [6.07, 6.45) is 65.7. The van der Waals surface area contributed by atoms with Gasteiger partial charge in [0.2, 0.25) is 5.91 Å². The van der Waals surface area contributed by atoms with Gasteiger partial charge in [-0.2, -0.15) is 0 Å². The number of ether oxygens (including phenoxy) is 1. The molecule has 0 heterocycles. The van der Waals surface area contributed by atoms with Gasteiger partial charge in [0, 0.05) is 12.8 Å². The Morgan fingerprint density at radius 2 is 0.773 bits per heavy atom. The molecule has 9 nitrogen and oxygen atoms in total. The first-order chi connectivity index (χ1) is 36.4. The van der Waals surface area contributed by atoms with E-state index in [0.29, 0.717) is 17.4 Å². The van der Waals surface area contributed by atoms with Gasteiger partial charge in [0.05, 0.1) is 33.8 Å². The van der Waals surface area contributed by atoms with Crippen LogP contribution in [0.25, 0.3) is 0 Å². The molecule has 0 aromatic heterocycles. The van der Waals surface area contributed by atoms with Crippen molar-refractivity contribution in [3.05, 3.63) is 24.3 Å². The number of rotatable bonds is 60. The minimum Gasteiger partial charge on any atom is -0.756 e. The fraction of sp³-hybridized carbons (Fsp3) is 0.908. The van der Waals surface area contributed by atoms with E-state index in [1.165, 1.54) is 238 Å². The number of nitrogens with one attached hydrogen (secondary N) is 1. The monoisotopic (exact) mass is 1080 g/mol. The van der Waals surface area contributed by atoms with Gasteiger partial charge in [-0.25, -0.2) is 0 Å². The summed E-state index contributed by atoms with van der Waals surface area (Å²) in [5.41, 5.74) is 0. The molecule has 0 aliphatic rings. The fourth-order valence-electron chi connectivity index (χ4n) is 9.81. The van der Waals surface area contributed by atoms with Crippen LogP contribution in [0.4, 0.5) is 0 Å². The number of phosphoric acid groups is 1. The molecule has 0 spiro atoms. The second-order valence-corrected chi connectivity index (χ2v) is 25.0. The minimum atomic E-state index is -4.69. The predicted octanol–water partition coefficient (Wildman–Crippen LogP) is 19.5. The van der Waals surface area contributed by atoms with Gasteiger partial charge in [-0.3, -0.25) is 14.2 Å². The van der Waals surface area contributed by atoms with E-state index in [4.69, 9.17) is 13.8 Å². The summed E-state index contributed by atoms with van der Waals surface area (Å²) in [6, 6.07) is -0.881. The van der Waals surface area contributed by atoms with E-state index in [9.17, 15) is 19.0 Å². The van der Waals surface area contributed by atoms with Crippen LogP contribution >= 0.6 is 7.82 Å². The topological polar surface area (TPSA) is 114 Å². The Bertz CT molecular complexity index is 1340. The molecule has 0 saturated heterocycles. The quantitative estimate of drug-likeness (QED) is 0.0212. The molecular weight excluding hydrogens is 952 g/mol. The van der Waals surface area contributed by atoms with Gasteiger partial charge in [-0.05, 0) is 57.4 Å². The molecule has 0 aliphatic heterocycles. The van der Waals surface area contributed by atoms with Gasteiger partial charge in [0.15, 0.2) is 0 Å². The molecule has 0 aromatic carbocycles. The van der Waals surface area contributed by atoms with Crippen LogP contribution in [0.3, 0.4) is 0 Å². The molecule has 0 aromatic rings. The van der Waals surface area contributed by atoms with Crippen molar-refractivity contribution in [1.29, 1.82) is 0 Å². The van der Waals surface area contributed by atoms with Crippen LogP contribution in [0.2, 0.25) is 0 Å². The molecule has 1 amide bonds. The van der Waals surface area contributed by atoms with Gasteiger partial charge in [-0.15, -0.1) is 0 Å². The summed E-state index contributed by atoms with van der Waals surface area (Å²) >= 11 is 0. The van der Waals surface area contributed by atoms with Crippen molar-refractivity contribution >= 4 is 19.7 Å². The predicted molar refractivity (Wildman–Crippen MR) is 321 cm³/mol. The maximum Gasteiger partial charge on any atom is 0.306 e. The standard InChI is InChI=1S/C65H127N2O7P/c1-7-10-13-16-19-22-25-28-30-31-32-33-34-35-36-37-38-40-43-46-49-52-55-58-65(69)74-63(56-53-50-47-44-41-27-24-21-18-15-12-9-3)62(61-73-75(70,71)72-60-59-67(4,5)6)66-64(68)57-54-51-48-45-42-39-29-26-23-20-17-14-11-8-2/h28,30,53,56,62-63H,7-27,29,31-52,54-55,57-61H2,1-6H3,(H-,66,68,70,71)/b30-28+,56-53+. The number of phosphoric ester groups is 1. The smallest absolute Gasteiger partial charge is 0.306 e. The summed E-state index contributed by atoms with van der Waals surface area (Å²) in [5.74, 6) is -0.523. The van der Waals surface area contributed by atoms with E-state index in [-0.39, 0.29) is 31.5 Å². The van der Waals surface area contributed by atoms with Crippen molar-refractivity contribution in [3.8, 4) is 0 Å². The Labute approximate surface area is 466 Å². The van der Waals surface area contributed by atoms with Crippen LogP contribution in [-0.2, 0) is 27.9 Å². The fourth-order valence-corrected chi connectivity index (χ4v) is 10.5. The number of esters is 1. The Kier molecular flexibility index (Phi) is 54.7. The number of carbonyl (C=O) groups excluding carboxylic acids is 2. The van der Waals surface area contributed by atoms with Gasteiger partial charge >= 0.3 is 5.97 Å². The van der Waals surface area contributed by atoms with Crippen LogP contribution in [-0.4, -0.2) is 69.4 Å². The highest BCUT2D eigenvalue weighted by Gasteiger charge is 2.27. The minimum absolute atomic E-state index is 0.0182. The highest BCUT2D eigenvalue weighted by atomic mass is 31.2. The van der Waals surface area contributed by atoms with Crippen LogP contribution in [0.15, 0.2) is 24.3 Å². The number of quaternary nitrogens is 1. The lowest BCUT2D eigenvalue weighted by Crippen LogP contribution is -2.47. The van der Waals surface area contributed by atoms with Crippen LogP contribution < -0.4 is 10.2 Å². The molecule has 0 saturated carbocycles. The van der Waals surface area contributed by atoms with Gasteiger partial charge < -0.3 is 28.5 Å². The third-order valence-electron chi connectivity index (χ3n) is 14.9. The average molecular weight is 1080 g/mol. The maximum absolute atomic E-state index is 13.5. The van der Waals surface area contributed by atoms with E-state index >= 15 is 0 Å². The van der Waals surface area contributed by atoms with E-state index < -0.39 is 20.0 Å². The first-order valence-electron chi connectivity index (χ1n) is 32.6. The van der Waals surface area contributed by atoms with Crippen LogP contribution in [0, 0.1) is 0 Å². The second-order valence-electron chi connectivity index (χ2n) is 23.6. The number of unbranched alkanes of at least 4 members (excludes halogenated alkanes) is 42. The first-order valence-corrected chi connectivity index (χ1v) is 34.1. The zero-order valence-electron chi connectivity index (χ0n) is 50.8. The average Bonchev–Trinajstić information content (AvgIpc) is 3.37. The molecule has 444 valence electrons. The molecule has 0 aliphatic carbocycles. The van der Waals surface area contributed by atoms with E-state index in [0.717, 1.165) is 57.8 Å². The summed E-state index contributed by atoms with van der Waals surface area (Å²) < 4.78 is 30.3. The lowest BCUT2D eigenvalue weighted by atomic mass is 10.0. The number of likely N-dealkylation sites (N-methyl/N-ethyl adjacent to an activating group) is 1. The van der Waals surface area contributed by atoms with Crippen molar-refractivity contribution in [3.63, 3.8) is 0 Å². The largest absolute Gasteiger partial charge is 0.756 e. The summed E-state index contributed by atoms with van der Waals surface area (Å²) in [4.78, 5) is 40.0. The van der Waals surface area contributed by atoms with Crippen molar-refractivity contribution in [2.24, 2.45) is 0 Å². The van der Waals surface area contributed by atoms with Crippen molar-refractivity contribution in [2.45, 2.75) is 341 Å². The summed E-state index contributed by atoms with van der Waals surface area (Å²) in [5, 5.41) is 3.04. The Hall–Kier alpha value is -1.51. The molecule has 3 unspecified atom stereocenters. The molecule has 75 heavy (non-hydrogen) atoms. The zero-order valence-corrected chi connectivity index (χ0v) is 51.7. The van der Waals surface area contributed by atoms with Gasteiger partial charge in [-0.1, -0.05) is 283 Å². The SMILES string of the molecule is CCCCCCCC/C=C/CCCCCCCCCCCCCCCC(=O)OC(/C=C/CCCCCCCCCCCC)C(COP(=O)([O-])OCC[N+](C)(C)C)NC(=O)CCCCCCCCCCCCCCCC. The molecule has 1 N–H and O–H groups in total. The molecule has 3 atom stereocenters. The highest BCUT2D eigenvalue weighted by Crippen LogP contribution is 2.38. The molecule has 10 heteroatoms. The number of hydrogen-bond acceptors (Lipinski definition) is 7. The number of amides is 1. The van der Waals surface area contributed by atoms with Crippen LogP contribution in [0.1, 0.15) is 329 Å². The third-order valence-corrected chi connectivity index (χ3v) is 15.8. The molecule has 0 bridgehead atoms. The normalized spacial score (nSPS) is 13.7. The lowest BCUT2D eigenvalue weighted by Gasteiger charge is -2.30. The third kappa shape index (κ3) is 57.0. The molecular formula is C65H127N2O7P.